The van der Waals surface area contributed by atoms with E-state index in [1.54, 1.807) is 18.2 Å². The summed E-state index contributed by atoms with van der Waals surface area (Å²) in [6.07, 6.45) is -5.63. The number of phenolic OH excluding ortho intramolecular Hbond substituents is 1. The second-order valence-electron chi connectivity index (χ2n) is 14.1. The third-order valence-corrected chi connectivity index (χ3v) is 10.6. The van der Waals surface area contributed by atoms with Gasteiger partial charge in [-0.15, -0.1) is 0 Å². The summed E-state index contributed by atoms with van der Waals surface area (Å²) in [5.41, 5.74) is 14.0. The topological polar surface area (TPSA) is 249 Å². The number of ketones is 2. The number of hydrogen-bond acceptors (Lipinski definition) is 14. The Hall–Kier alpha value is -5.58. The molecule has 0 spiro atoms. The highest BCUT2D eigenvalue weighted by Crippen LogP contribution is 2.47. The van der Waals surface area contributed by atoms with Gasteiger partial charge in [-0.05, 0) is 65.3 Å². The minimum atomic E-state index is -1.81. The molecule has 4 aromatic rings. The van der Waals surface area contributed by atoms with Crippen LogP contribution in [0.2, 0.25) is 0 Å². The van der Waals surface area contributed by atoms with Gasteiger partial charge < -0.3 is 51.2 Å². The van der Waals surface area contributed by atoms with Crippen molar-refractivity contribution >= 4 is 35.5 Å². The molecule has 9 N–H and O–H groups in total. The number of carbonyl (C=O) groups excluding carboxylic acids is 4. The van der Waals surface area contributed by atoms with E-state index in [0.29, 0.717) is 30.3 Å². The van der Waals surface area contributed by atoms with E-state index < -0.39 is 72.3 Å². The van der Waals surface area contributed by atoms with Crippen LogP contribution in [0.1, 0.15) is 108 Å². The van der Waals surface area contributed by atoms with Crippen molar-refractivity contribution in [1.82, 2.24) is 0 Å². The van der Waals surface area contributed by atoms with Crippen LogP contribution in [-0.4, -0.2) is 80.1 Å². The van der Waals surface area contributed by atoms with Crippen LogP contribution >= 0.6 is 0 Å². The highest BCUT2D eigenvalue weighted by atomic mass is 16.7. The second-order valence-corrected chi connectivity index (χ2v) is 14.1. The quantitative estimate of drug-likeness (QED) is 0.0494. The van der Waals surface area contributed by atoms with Crippen LogP contribution in [0.25, 0.3) is 11.6 Å². The summed E-state index contributed by atoms with van der Waals surface area (Å²) in [7, 11) is 0. The standard InChI is InChI=1S/C42H40N2O12/c1-18-35(48)39(52)40(53)42(54-18)56-29-15-27-33(36(49)26(29)13-22-8-5-9-25(41(43)44)28(22)17-46)38(51)32-24(16-45)14-30(55-19(2)47)31(34(32)37(27)50)23-11-10-20-6-3-4-7-21(20)12-23/h3-9,12,14-15,17-18,35,39-42,45,48-49,52-53H,10-11,13,16,43-44H2,1-2H3/t18-,35+,39+,40+,42+/m0/s1. The van der Waals surface area contributed by atoms with Crippen molar-refractivity contribution in [3.63, 3.8) is 0 Å². The number of phenols is 1. The molecule has 0 bridgehead atoms. The van der Waals surface area contributed by atoms with E-state index in [1.165, 1.54) is 26.0 Å². The molecule has 290 valence electrons. The molecule has 1 aliphatic heterocycles. The van der Waals surface area contributed by atoms with E-state index in [0.717, 1.165) is 11.1 Å². The summed E-state index contributed by atoms with van der Waals surface area (Å²) >= 11 is 0. The van der Waals surface area contributed by atoms with Crippen LogP contribution in [-0.2, 0) is 29.0 Å². The van der Waals surface area contributed by atoms with E-state index in [1.807, 2.05) is 30.3 Å². The molecule has 14 nitrogen and oxygen atoms in total. The SMILES string of the molecule is CC(=O)Oc1cc(CO)c2c(c1C1=Cc3ccccc3CC1)C(=O)c1cc(O[C@H]3O[C@@H](C)[C@@H](O)[C@@H](O)[C@H]3O)c(Cc3cccc(C(N)N)c3C=O)c(O)c1C2=O. The molecule has 56 heavy (non-hydrogen) atoms. The smallest absolute Gasteiger partial charge is 0.308 e. The number of hydrogen-bond donors (Lipinski definition) is 7. The highest BCUT2D eigenvalue weighted by molar-refractivity contribution is 6.31. The predicted molar refractivity (Wildman–Crippen MR) is 200 cm³/mol. The summed E-state index contributed by atoms with van der Waals surface area (Å²) in [4.78, 5) is 54.5. The zero-order valence-corrected chi connectivity index (χ0v) is 30.4. The number of aldehydes is 1. The van der Waals surface area contributed by atoms with E-state index >= 15 is 0 Å². The first-order chi connectivity index (χ1) is 26.7. The molecule has 3 aliphatic rings. The van der Waals surface area contributed by atoms with Gasteiger partial charge in [0, 0.05) is 46.7 Å². The van der Waals surface area contributed by atoms with Crippen molar-refractivity contribution in [2.24, 2.45) is 11.5 Å². The Balaban J connectivity index is 1.47. The molecule has 14 heteroatoms. The van der Waals surface area contributed by atoms with E-state index in [9.17, 15) is 44.7 Å². The van der Waals surface area contributed by atoms with Crippen molar-refractivity contribution in [2.45, 2.75) is 76.6 Å². The van der Waals surface area contributed by atoms with Gasteiger partial charge in [0.15, 0.2) is 17.9 Å². The van der Waals surface area contributed by atoms with Gasteiger partial charge in [-0.1, -0.05) is 48.5 Å². The Labute approximate surface area is 320 Å². The van der Waals surface area contributed by atoms with E-state index in [-0.39, 0.29) is 62.4 Å². The maximum atomic E-state index is 15.0. The zero-order valence-electron chi connectivity index (χ0n) is 30.4. The van der Waals surface area contributed by atoms with Crippen LogP contribution in [0.4, 0.5) is 0 Å². The number of nitrogens with two attached hydrogens (primary N) is 2. The number of aromatic hydroxyl groups is 1. The zero-order chi connectivity index (χ0) is 40.2. The van der Waals surface area contributed by atoms with Gasteiger partial charge in [-0.25, -0.2) is 0 Å². The lowest BCUT2D eigenvalue weighted by molar-refractivity contribution is -0.268. The summed E-state index contributed by atoms with van der Waals surface area (Å²) in [6, 6.07) is 14.9. The average molecular weight is 765 g/mol. The number of aryl methyl sites for hydroxylation is 1. The van der Waals surface area contributed by atoms with Crippen molar-refractivity contribution in [3.05, 3.63) is 121 Å². The molecule has 1 heterocycles. The summed E-state index contributed by atoms with van der Waals surface area (Å²) in [6.45, 7) is 1.89. The first-order valence-corrected chi connectivity index (χ1v) is 18.0. The van der Waals surface area contributed by atoms with E-state index in [2.05, 4.69) is 0 Å². The molecular weight excluding hydrogens is 724 g/mol. The highest BCUT2D eigenvalue weighted by Gasteiger charge is 2.45. The molecule has 1 fully saturated rings. The molecule has 0 aromatic heterocycles. The van der Waals surface area contributed by atoms with Gasteiger partial charge in [0.1, 0.15) is 35.6 Å². The molecule has 0 radical (unpaired) electrons. The summed E-state index contributed by atoms with van der Waals surface area (Å²) < 4.78 is 17.4. The summed E-state index contributed by atoms with van der Waals surface area (Å²) in [5, 5.41) is 54.5. The molecule has 0 saturated carbocycles. The van der Waals surface area contributed by atoms with E-state index in [4.69, 9.17) is 25.7 Å². The Bertz CT molecular complexity index is 2330. The van der Waals surface area contributed by atoms with Crippen LogP contribution < -0.4 is 20.9 Å². The predicted octanol–water partition coefficient (Wildman–Crippen LogP) is 2.60. The van der Waals surface area contributed by atoms with Crippen molar-refractivity contribution < 1.29 is 58.9 Å². The summed E-state index contributed by atoms with van der Waals surface area (Å²) in [5.74, 6) is -3.34. The molecular formula is C42H40N2O12. The minimum Gasteiger partial charge on any atom is -0.507 e. The molecule has 1 saturated heterocycles. The first-order valence-electron chi connectivity index (χ1n) is 18.0. The average Bonchev–Trinajstić information content (AvgIpc) is 3.18. The fourth-order valence-corrected chi connectivity index (χ4v) is 7.78. The van der Waals surface area contributed by atoms with Gasteiger partial charge in [0.05, 0.1) is 24.4 Å². The van der Waals surface area contributed by atoms with Crippen LogP contribution in [0.5, 0.6) is 17.2 Å². The number of aliphatic hydroxyl groups excluding tert-OH is 4. The lowest BCUT2D eigenvalue weighted by Crippen LogP contribution is -2.58. The second kappa shape index (κ2) is 15.2. The third kappa shape index (κ3) is 6.60. The number of carbonyl (C=O) groups is 4. The van der Waals surface area contributed by atoms with Crippen LogP contribution in [0.15, 0.2) is 54.6 Å². The molecule has 5 atom stereocenters. The molecule has 0 unspecified atom stereocenters. The number of esters is 1. The Morgan fingerprint density at radius 2 is 1.66 bits per heavy atom. The van der Waals surface area contributed by atoms with Crippen molar-refractivity contribution in [2.75, 3.05) is 0 Å². The Morgan fingerprint density at radius 3 is 2.36 bits per heavy atom. The number of aliphatic hydroxyl groups is 4. The first kappa shape index (κ1) is 38.7. The number of benzene rings is 4. The van der Waals surface area contributed by atoms with Crippen molar-refractivity contribution in [1.29, 1.82) is 0 Å². The van der Waals surface area contributed by atoms with Gasteiger partial charge in [-0.2, -0.15) is 0 Å². The minimum absolute atomic E-state index is 0.0322. The van der Waals surface area contributed by atoms with Crippen LogP contribution in [0.3, 0.4) is 0 Å². The molecule has 2 aliphatic carbocycles. The van der Waals surface area contributed by atoms with Gasteiger partial charge in [0.2, 0.25) is 6.29 Å². The lowest BCUT2D eigenvalue weighted by atomic mass is 9.75. The Kier molecular flexibility index (Phi) is 10.5. The van der Waals surface area contributed by atoms with Crippen molar-refractivity contribution in [3.8, 4) is 17.2 Å². The van der Waals surface area contributed by atoms with Gasteiger partial charge in [0.25, 0.3) is 0 Å². The van der Waals surface area contributed by atoms with Gasteiger partial charge in [-0.3, -0.25) is 19.2 Å². The maximum absolute atomic E-state index is 15.0. The normalized spacial score (nSPS) is 21.5. The fourth-order valence-electron chi connectivity index (χ4n) is 7.78. The maximum Gasteiger partial charge on any atom is 0.308 e. The van der Waals surface area contributed by atoms with Crippen LogP contribution in [0, 0.1) is 0 Å². The third-order valence-electron chi connectivity index (χ3n) is 10.6. The van der Waals surface area contributed by atoms with Gasteiger partial charge >= 0.3 is 5.97 Å². The molecule has 7 rings (SSSR count). The number of allylic oxidation sites excluding steroid dienone is 1. The number of ether oxygens (including phenoxy) is 3. The molecule has 4 aromatic carbocycles. The largest absolute Gasteiger partial charge is 0.507 e. The molecule has 0 amide bonds. The number of fused-ring (bicyclic) bond motifs is 3. The Morgan fingerprint density at radius 1 is 0.911 bits per heavy atom. The number of rotatable bonds is 9. The lowest BCUT2D eigenvalue weighted by Gasteiger charge is -2.39. The fraction of sp³-hybridized carbons (Fsp3) is 0.286. The monoisotopic (exact) mass is 764 g/mol.